The second kappa shape index (κ2) is 12.5. The van der Waals surface area contributed by atoms with Gasteiger partial charge in [-0.25, -0.2) is 4.98 Å². The van der Waals surface area contributed by atoms with Crippen LogP contribution in [0.3, 0.4) is 0 Å². The first kappa shape index (κ1) is 28.2. The Kier molecular flexibility index (Phi) is 8.78. The van der Waals surface area contributed by atoms with E-state index in [2.05, 4.69) is 29.9 Å². The zero-order chi connectivity index (χ0) is 28.2. The van der Waals surface area contributed by atoms with E-state index in [4.69, 9.17) is 19.4 Å². The van der Waals surface area contributed by atoms with E-state index in [0.29, 0.717) is 54.1 Å². The number of carbonyl (C=O) groups is 1. The smallest absolute Gasteiger partial charge is 0.254 e. The number of methoxy groups -OCH3 is 2. The molecule has 1 aliphatic carbocycles. The van der Waals surface area contributed by atoms with E-state index in [0.717, 1.165) is 62.4 Å². The van der Waals surface area contributed by atoms with Gasteiger partial charge in [0.05, 0.1) is 20.3 Å². The van der Waals surface area contributed by atoms with Crippen LogP contribution in [0.4, 0.5) is 5.95 Å². The number of carbonyl (C=O) groups excluding carboxylic acids is 1. The van der Waals surface area contributed by atoms with Crippen LogP contribution in [0.1, 0.15) is 93.1 Å². The number of nitrogens with zero attached hydrogens (tertiary/aromatic N) is 4. The minimum absolute atomic E-state index is 0.000842. The molecule has 1 atom stereocenters. The summed E-state index contributed by atoms with van der Waals surface area (Å²) < 4.78 is 13.1. The Balaban J connectivity index is 1.37. The van der Waals surface area contributed by atoms with Crippen LogP contribution in [-0.2, 0) is 0 Å². The number of nitrogens with one attached hydrogen (secondary N) is 1. The van der Waals surface area contributed by atoms with E-state index in [9.17, 15) is 9.90 Å². The second-order valence-corrected chi connectivity index (χ2v) is 11.4. The number of aliphatic hydroxyl groups is 1. The van der Waals surface area contributed by atoms with Crippen molar-refractivity contribution in [3.05, 3.63) is 41.7 Å². The molecule has 3 aromatic rings. The highest BCUT2D eigenvalue weighted by Crippen LogP contribution is 2.38. The largest absolute Gasteiger partial charge is 0.497 e. The van der Waals surface area contributed by atoms with E-state index >= 15 is 0 Å². The standard InChI is InChI=1S/C31H43N5O4/c1-5-6-20(2)33-31-32-18-27-28(19-36(29(27)34-31)23-7-9-24(37)10-8-23)21-11-13-35(14-12-21)30(38)22-15-25(39-3)17-26(16-22)40-4/h15-21,23-24,37H,5-14H2,1-4H3,(H,32,33,34)/t20-,23-,24-/m0/s1. The Morgan fingerprint density at radius 1 is 1.07 bits per heavy atom. The first-order valence-electron chi connectivity index (χ1n) is 14.7. The van der Waals surface area contributed by atoms with Gasteiger partial charge in [0.15, 0.2) is 0 Å². The van der Waals surface area contributed by atoms with Crippen molar-refractivity contribution in [2.45, 2.75) is 89.3 Å². The fourth-order valence-corrected chi connectivity index (χ4v) is 6.30. The van der Waals surface area contributed by atoms with Gasteiger partial charge in [0.25, 0.3) is 5.91 Å². The zero-order valence-corrected chi connectivity index (χ0v) is 24.2. The quantitative estimate of drug-likeness (QED) is 0.361. The van der Waals surface area contributed by atoms with E-state index < -0.39 is 0 Å². The van der Waals surface area contributed by atoms with Gasteiger partial charge >= 0.3 is 0 Å². The molecule has 3 heterocycles. The lowest BCUT2D eigenvalue weighted by Gasteiger charge is -2.32. The van der Waals surface area contributed by atoms with Crippen molar-refractivity contribution < 1.29 is 19.4 Å². The van der Waals surface area contributed by atoms with Gasteiger partial charge in [-0.2, -0.15) is 4.98 Å². The van der Waals surface area contributed by atoms with Crippen molar-refractivity contribution in [1.82, 2.24) is 19.4 Å². The lowest BCUT2D eigenvalue weighted by Crippen LogP contribution is -2.37. The SMILES string of the molecule is CCC[C@H](C)Nc1ncc2c(C3CCN(C(=O)c4cc(OC)cc(OC)c4)CC3)cn([C@H]3CC[C@H](O)CC3)c2n1. The van der Waals surface area contributed by atoms with Gasteiger partial charge in [0.1, 0.15) is 17.1 Å². The number of amides is 1. The molecule has 2 fully saturated rings. The molecule has 1 saturated heterocycles. The van der Waals surface area contributed by atoms with Crippen molar-refractivity contribution in [2.75, 3.05) is 32.6 Å². The lowest BCUT2D eigenvalue weighted by molar-refractivity contribution is 0.0712. The molecule has 5 rings (SSSR count). The molecule has 1 aliphatic heterocycles. The fraction of sp³-hybridized carbons (Fsp3) is 0.581. The first-order valence-corrected chi connectivity index (χ1v) is 14.7. The number of hydrogen-bond donors (Lipinski definition) is 2. The fourth-order valence-electron chi connectivity index (χ4n) is 6.30. The van der Waals surface area contributed by atoms with Crippen molar-refractivity contribution in [3.63, 3.8) is 0 Å². The van der Waals surface area contributed by atoms with Crippen LogP contribution in [0.5, 0.6) is 11.5 Å². The molecule has 9 nitrogen and oxygen atoms in total. The third-order valence-corrected chi connectivity index (χ3v) is 8.58. The minimum atomic E-state index is -0.203. The molecule has 0 unspecified atom stereocenters. The van der Waals surface area contributed by atoms with E-state index in [1.807, 2.05) is 11.1 Å². The Morgan fingerprint density at radius 3 is 2.38 bits per heavy atom. The average Bonchev–Trinajstić information content (AvgIpc) is 3.35. The number of piperidine rings is 1. The molecule has 2 aromatic heterocycles. The summed E-state index contributed by atoms with van der Waals surface area (Å²) in [6, 6.07) is 5.95. The van der Waals surface area contributed by atoms with E-state index in [1.165, 1.54) is 5.56 Å². The van der Waals surface area contributed by atoms with Gasteiger partial charge in [-0.3, -0.25) is 4.79 Å². The van der Waals surface area contributed by atoms with Crippen molar-refractivity contribution in [3.8, 4) is 11.5 Å². The Morgan fingerprint density at radius 2 is 1.75 bits per heavy atom. The number of aromatic nitrogens is 3. The average molecular weight is 550 g/mol. The molecule has 216 valence electrons. The number of anilines is 1. The van der Waals surface area contributed by atoms with Crippen molar-refractivity contribution >= 4 is 22.9 Å². The van der Waals surface area contributed by atoms with Crippen LogP contribution in [0.15, 0.2) is 30.6 Å². The highest BCUT2D eigenvalue weighted by molar-refractivity contribution is 5.95. The third kappa shape index (κ3) is 6.04. The van der Waals surface area contributed by atoms with E-state index in [-0.39, 0.29) is 12.0 Å². The van der Waals surface area contributed by atoms with Gasteiger partial charge < -0.3 is 29.4 Å². The second-order valence-electron chi connectivity index (χ2n) is 11.4. The summed E-state index contributed by atoms with van der Waals surface area (Å²) >= 11 is 0. The minimum Gasteiger partial charge on any atom is -0.497 e. The van der Waals surface area contributed by atoms with Gasteiger partial charge in [-0.1, -0.05) is 13.3 Å². The molecule has 2 N–H and O–H groups in total. The lowest BCUT2D eigenvalue weighted by atomic mass is 9.89. The molecule has 0 radical (unpaired) electrons. The maximum Gasteiger partial charge on any atom is 0.254 e. The summed E-state index contributed by atoms with van der Waals surface area (Å²) in [5, 5.41) is 14.7. The molecule has 1 amide bonds. The number of fused-ring (bicyclic) bond motifs is 1. The maximum absolute atomic E-state index is 13.4. The molecule has 1 aromatic carbocycles. The molecule has 9 heteroatoms. The zero-order valence-electron chi connectivity index (χ0n) is 24.2. The summed E-state index contributed by atoms with van der Waals surface area (Å²) in [5.41, 5.74) is 2.82. The summed E-state index contributed by atoms with van der Waals surface area (Å²) in [6.45, 7) is 5.71. The summed E-state index contributed by atoms with van der Waals surface area (Å²) in [7, 11) is 3.18. The molecule has 1 saturated carbocycles. The number of ether oxygens (including phenoxy) is 2. The molecular weight excluding hydrogens is 506 g/mol. The first-order chi connectivity index (χ1) is 19.4. The Hall–Kier alpha value is -3.33. The molecule has 40 heavy (non-hydrogen) atoms. The third-order valence-electron chi connectivity index (χ3n) is 8.58. The number of hydrogen-bond acceptors (Lipinski definition) is 7. The highest BCUT2D eigenvalue weighted by atomic mass is 16.5. The molecule has 0 bridgehead atoms. The topological polar surface area (TPSA) is 102 Å². The van der Waals surface area contributed by atoms with Crippen LogP contribution < -0.4 is 14.8 Å². The Bertz CT molecular complexity index is 1290. The maximum atomic E-state index is 13.4. The summed E-state index contributed by atoms with van der Waals surface area (Å²) in [4.78, 5) is 25.0. The van der Waals surface area contributed by atoms with Gasteiger partial charge in [0, 0.05) is 54.6 Å². The van der Waals surface area contributed by atoms with Crippen LogP contribution >= 0.6 is 0 Å². The number of likely N-dealkylation sites (tertiary alicyclic amines) is 1. The summed E-state index contributed by atoms with van der Waals surface area (Å²) in [6.07, 6.45) is 11.5. The van der Waals surface area contributed by atoms with Crippen LogP contribution in [0.2, 0.25) is 0 Å². The van der Waals surface area contributed by atoms with Crippen molar-refractivity contribution in [2.24, 2.45) is 0 Å². The summed E-state index contributed by atoms with van der Waals surface area (Å²) in [5.74, 6) is 2.21. The van der Waals surface area contributed by atoms with Crippen LogP contribution in [0.25, 0.3) is 11.0 Å². The normalized spacial score (nSPS) is 20.9. The van der Waals surface area contributed by atoms with E-state index in [1.54, 1.807) is 32.4 Å². The predicted molar refractivity (Wildman–Crippen MR) is 156 cm³/mol. The molecular formula is C31H43N5O4. The van der Waals surface area contributed by atoms with Gasteiger partial charge in [-0.15, -0.1) is 0 Å². The molecule has 0 spiro atoms. The van der Waals surface area contributed by atoms with Gasteiger partial charge in [0.2, 0.25) is 5.95 Å². The van der Waals surface area contributed by atoms with Crippen LogP contribution in [0, 0.1) is 0 Å². The number of benzene rings is 1. The predicted octanol–water partition coefficient (Wildman–Crippen LogP) is 5.54. The highest BCUT2D eigenvalue weighted by Gasteiger charge is 2.30. The van der Waals surface area contributed by atoms with Gasteiger partial charge in [-0.05, 0) is 75.5 Å². The van der Waals surface area contributed by atoms with Crippen molar-refractivity contribution in [1.29, 1.82) is 0 Å². The van der Waals surface area contributed by atoms with Crippen LogP contribution in [-0.4, -0.2) is 69.9 Å². The number of rotatable bonds is 9. The monoisotopic (exact) mass is 549 g/mol. The molecule has 2 aliphatic rings. The number of aliphatic hydroxyl groups excluding tert-OH is 1. The Labute approximate surface area is 236 Å².